The lowest BCUT2D eigenvalue weighted by atomic mass is 9.74. The monoisotopic (exact) mass is 438 g/mol. The fourth-order valence-corrected chi connectivity index (χ4v) is 3.05. The first-order chi connectivity index (χ1) is 13.2. The highest BCUT2D eigenvalue weighted by Gasteiger charge is 2.52. The zero-order valence-corrected chi connectivity index (χ0v) is 17.4. The van der Waals surface area contributed by atoms with Crippen LogP contribution in [0.15, 0.2) is 24.3 Å². The number of carboxylic acid groups (broad SMARTS) is 1. The number of carbonyl (C=O) groups is 2. The molecule has 29 heavy (non-hydrogen) atoms. The number of piperidine rings is 1. The summed E-state index contributed by atoms with van der Waals surface area (Å²) >= 11 is 6.25. The number of ether oxygens (including phenoxy) is 1. The maximum absolute atomic E-state index is 11.9. The zero-order valence-electron chi connectivity index (χ0n) is 16.7. The predicted molar refractivity (Wildman–Crippen MR) is 103 cm³/mol. The van der Waals surface area contributed by atoms with Gasteiger partial charge in [-0.25, -0.2) is 4.79 Å². The summed E-state index contributed by atoms with van der Waals surface area (Å²) in [5, 5.41) is 14.3. The molecule has 0 bridgehead atoms. The highest BCUT2D eigenvalue weighted by molar-refractivity contribution is 6.32. The molecule has 10 heteroatoms. The number of para-hydroxylation sites is 1. The van der Waals surface area contributed by atoms with E-state index in [1.54, 1.807) is 0 Å². The number of amides is 1. The van der Waals surface area contributed by atoms with Crippen LogP contribution >= 0.6 is 11.6 Å². The molecule has 2 rings (SSSR count). The van der Waals surface area contributed by atoms with Gasteiger partial charge in [0.15, 0.2) is 0 Å². The van der Waals surface area contributed by atoms with Gasteiger partial charge in [-0.1, -0.05) is 30.7 Å². The van der Waals surface area contributed by atoms with Crippen LogP contribution in [0.1, 0.15) is 40.5 Å². The average molecular weight is 439 g/mol. The molecule has 1 fully saturated rings. The Kier molecular flexibility index (Phi) is 8.35. The van der Waals surface area contributed by atoms with Crippen LogP contribution in [0.4, 0.5) is 13.2 Å². The van der Waals surface area contributed by atoms with E-state index in [1.807, 2.05) is 38.1 Å². The van der Waals surface area contributed by atoms with Gasteiger partial charge in [0, 0.05) is 6.42 Å². The number of benzene rings is 1. The normalized spacial score (nSPS) is 23.4. The van der Waals surface area contributed by atoms with E-state index in [4.69, 9.17) is 26.2 Å². The van der Waals surface area contributed by atoms with Crippen LogP contribution in [0.3, 0.4) is 0 Å². The molecular weight excluding hydrogens is 413 g/mol. The molecular formula is C19H26ClF3N2O4. The molecule has 1 aromatic rings. The summed E-state index contributed by atoms with van der Waals surface area (Å²) in [6, 6.07) is 7.36. The lowest BCUT2D eigenvalue weighted by Gasteiger charge is -2.52. The van der Waals surface area contributed by atoms with Crippen molar-refractivity contribution in [3.05, 3.63) is 29.3 Å². The number of hydrogen-bond acceptors (Lipinski definition) is 4. The minimum absolute atomic E-state index is 0.0386. The Labute approximate surface area is 172 Å². The molecule has 164 valence electrons. The molecule has 1 heterocycles. The van der Waals surface area contributed by atoms with Crippen LogP contribution in [0.2, 0.25) is 5.02 Å². The topological polar surface area (TPSA) is 87.7 Å². The van der Waals surface area contributed by atoms with Gasteiger partial charge in [0.25, 0.3) is 0 Å². The number of halogens is 4. The van der Waals surface area contributed by atoms with Crippen LogP contribution < -0.4 is 15.4 Å². The Morgan fingerprint density at radius 3 is 2.34 bits per heavy atom. The van der Waals surface area contributed by atoms with Gasteiger partial charge in [-0.2, -0.15) is 13.2 Å². The van der Waals surface area contributed by atoms with Crippen molar-refractivity contribution in [3.8, 4) is 5.75 Å². The molecule has 0 saturated carbocycles. The predicted octanol–water partition coefficient (Wildman–Crippen LogP) is 3.78. The van der Waals surface area contributed by atoms with E-state index in [0.717, 1.165) is 13.0 Å². The third-order valence-electron chi connectivity index (χ3n) is 4.96. The second-order valence-corrected chi connectivity index (χ2v) is 7.66. The lowest BCUT2D eigenvalue weighted by molar-refractivity contribution is -0.192. The standard InChI is InChI=1S/C17H25ClN2O2.C2HF3O2/c1-5-15(21)20-14-10-11-19-16(2,3)17(14,4)22-13-9-7-6-8-12(13)18;3-2(4,5)1(6)7/h6-9,14,19H,5,10-11H2,1-4H3,(H,20,21);(H,6,7)/t14-,17-;/m0./s1. The van der Waals surface area contributed by atoms with Crippen molar-refractivity contribution in [2.24, 2.45) is 0 Å². The van der Waals surface area contributed by atoms with Crippen molar-refractivity contribution in [1.82, 2.24) is 10.6 Å². The summed E-state index contributed by atoms with van der Waals surface area (Å²) in [5.41, 5.74) is -0.919. The van der Waals surface area contributed by atoms with Gasteiger partial charge in [0.05, 0.1) is 16.6 Å². The minimum atomic E-state index is -5.08. The summed E-state index contributed by atoms with van der Waals surface area (Å²) in [6.45, 7) is 8.91. The van der Waals surface area contributed by atoms with Gasteiger partial charge in [-0.15, -0.1) is 0 Å². The lowest BCUT2D eigenvalue weighted by Crippen LogP contribution is -2.73. The molecule has 3 N–H and O–H groups in total. The van der Waals surface area contributed by atoms with Crippen LogP contribution in [0, 0.1) is 0 Å². The molecule has 0 spiro atoms. The number of carboxylic acids is 1. The molecule has 0 unspecified atom stereocenters. The van der Waals surface area contributed by atoms with Crippen molar-refractivity contribution in [1.29, 1.82) is 0 Å². The smallest absolute Gasteiger partial charge is 0.482 e. The summed E-state index contributed by atoms with van der Waals surface area (Å²) in [4.78, 5) is 20.8. The summed E-state index contributed by atoms with van der Waals surface area (Å²) in [7, 11) is 0. The van der Waals surface area contributed by atoms with E-state index in [0.29, 0.717) is 17.2 Å². The van der Waals surface area contributed by atoms with Crippen molar-refractivity contribution < 1.29 is 32.6 Å². The van der Waals surface area contributed by atoms with Gasteiger partial charge >= 0.3 is 12.1 Å². The number of rotatable bonds is 4. The highest BCUT2D eigenvalue weighted by Crippen LogP contribution is 2.37. The Hall–Kier alpha value is -2.00. The summed E-state index contributed by atoms with van der Waals surface area (Å²) < 4.78 is 38.1. The Balaban J connectivity index is 0.000000516. The molecule has 0 aromatic heterocycles. The number of alkyl halides is 3. The first-order valence-electron chi connectivity index (χ1n) is 9.02. The van der Waals surface area contributed by atoms with Crippen LogP contribution in [-0.2, 0) is 9.59 Å². The van der Waals surface area contributed by atoms with Gasteiger partial charge in [0.1, 0.15) is 11.4 Å². The number of hydrogen-bond donors (Lipinski definition) is 3. The van der Waals surface area contributed by atoms with Crippen molar-refractivity contribution in [2.75, 3.05) is 6.54 Å². The highest BCUT2D eigenvalue weighted by atomic mass is 35.5. The second-order valence-electron chi connectivity index (χ2n) is 7.26. The van der Waals surface area contributed by atoms with E-state index >= 15 is 0 Å². The van der Waals surface area contributed by atoms with Gasteiger partial charge in [-0.3, -0.25) is 4.79 Å². The Morgan fingerprint density at radius 2 is 1.86 bits per heavy atom. The molecule has 1 saturated heterocycles. The van der Waals surface area contributed by atoms with E-state index < -0.39 is 17.7 Å². The number of aliphatic carboxylic acids is 1. The van der Waals surface area contributed by atoms with Crippen LogP contribution in [0.5, 0.6) is 5.75 Å². The summed E-state index contributed by atoms with van der Waals surface area (Å²) in [6.07, 6.45) is -3.80. The van der Waals surface area contributed by atoms with Gasteiger partial charge < -0.3 is 20.5 Å². The molecule has 2 atom stereocenters. The third-order valence-corrected chi connectivity index (χ3v) is 5.28. The van der Waals surface area contributed by atoms with E-state index in [-0.39, 0.29) is 17.5 Å². The Bertz CT molecular complexity index is 728. The van der Waals surface area contributed by atoms with E-state index in [9.17, 15) is 18.0 Å². The van der Waals surface area contributed by atoms with Crippen LogP contribution in [-0.4, -0.2) is 46.9 Å². The Morgan fingerprint density at radius 1 is 1.31 bits per heavy atom. The fraction of sp³-hybridized carbons (Fsp3) is 0.579. The maximum atomic E-state index is 11.9. The van der Waals surface area contributed by atoms with Crippen LogP contribution in [0.25, 0.3) is 0 Å². The molecule has 1 aromatic carbocycles. The first-order valence-corrected chi connectivity index (χ1v) is 9.40. The van der Waals surface area contributed by atoms with Crippen molar-refractivity contribution in [2.45, 2.75) is 63.9 Å². The third kappa shape index (κ3) is 6.50. The SMILES string of the molecule is CCC(=O)N[C@H]1CCNC(C)(C)[C@@]1(C)Oc1ccccc1Cl.O=C(O)C(F)(F)F. The van der Waals surface area contributed by atoms with Gasteiger partial charge in [0.2, 0.25) is 5.91 Å². The molecule has 1 amide bonds. The number of nitrogens with one attached hydrogen (secondary N) is 2. The molecule has 0 aliphatic carbocycles. The second kappa shape index (κ2) is 9.67. The van der Waals surface area contributed by atoms with Crippen molar-refractivity contribution >= 4 is 23.5 Å². The number of carbonyl (C=O) groups excluding carboxylic acids is 1. The zero-order chi connectivity index (χ0) is 22.5. The van der Waals surface area contributed by atoms with E-state index in [1.165, 1.54) is 0 Å². The molecule has 6 nitrogen and oxygen atoms in total. The average Bonchev–Trinajstić information content (AvgIpc) is 2.61. The molecule has 1 aliphatic heterocycles. The first kappa shape index (κ1) is 25.0. The quantitative estimate of drug-likeness (QED) is 0.666. The molecule has 1 aliphatic rings. The fourth-order valence-electron chi connectivity index (χ4n) is 2.88. The van der Waals surface area contributed by atoms with E-state index in [2.05, 4.69) is 24.5 Å². The maximum Gasteiger partial charge on any atom is 0.490 e. The van der Waals surface area contributed by atoms with Crippen molar-refractivity contribution in [3.63, 3.8) is 0 Å². The minimum Gasteiger partial charge on any atom is -0.482 e. The molecule has 0 radical (unpaired) electrons. The van der Waals surface area contributed by atoms with Gasteiger partial charge in [-0.05, 0) is 45.9 Å². The summed E-state index contributed by atoms with van der Waals surface area (Å²) in [5.74, 6) is -2.08. The largest absolute Gasteiger partial charge is 0.490 e.